The quantitative estimate of drug-likeness (QED) is 0.622. The number of benzene rings is 2. The highest BCUT2D eigenvalue weighted by molar-refractivity contribution is 5.99. The summed E-state index contributed by atoms with van der Waals surface area (Å²) < 4.78 is 19.7. The van der Waals surface area contributed by atoms with E-state index in [2.05, 4.69) is 25.9 Å². The molecule has 0 bridgehead atoms. The number of aryl methyl sites for hydroxylation is 1. The summed E-state index contributed by atoms with van der Waals surface area (Å²) in [5.41, 5.74) is 2.02. The summed E-state index contributed by atoms with van der Waals surface area (Å²) in [6.07, 6.45) is 1.31. The summed E-state index contributed by atoms with van der Waals surface area (Å²) in [5.74, 6) is 0.102. The Morgan fingerprint density at radius 2 is 1.70 bits per heavy atom. The first kappa shape index (κ1) is 18.1. The Morgan fingerprint density at radius 1 is 1.00 bits per heavy atom. The Balaban J connectivity index is 1.65. The minimum absolute atomic E-state index is 0.0137. The van der Waals surface area contributed by atoms with E-state index >= 15 is 0 Å². The molecule has 3 rings (SSSR count). The van der Waals surface area contributed by atoms with Crippen LogP contribution in [0.2, 0.25) is 0 Å². The molecule has 138 valence electrons. The summed E-state index contributed by atoms with van der Waals surface area (Å²) in [5, 5.41) is 8.09. The second-order valence-corrected chi connectivity index (χ2v) is 5.68. The number of nitrogens with zero attached hydrogens (tertiary/aromatic N) is 2. The molecule has 2 amide bonds. The lowest BCUT2D eigenvalue weighted by Gasteiger charge is -2.10. The Hall–Kier alpha value is -3.68. The molecule has 0 radical (unpaired) electrons. The van der Waals surface area contributed by atoms with Crippen molar-refractivity contribution in [3.05, 3.63) is 66.2 Å². The monoisotopic (exact) mass is 367 g/mol. The van der Waals surface area contributed by atoms with Gasteiger partial charge in [-0.2, -0.15) is 0 Å². The van der Waals surface area contributed by atoms with Crippen molar-refractivity contribution in [3.63, 3.8) is 0 Å². The van der Waals surface area contributed by atoms with E-state index in [0.29, 0.717) is 17.2 Å². The number of halogens is 1. The number of hydrogen-bond donors (Lipinski definition) is 3. The molecule has 1 heterocycles. The molecule has 3 aromatic rings. The van der Waals surface area contributed by atoms with E-state index in [1.165, 1.54) is 24.5 Å². The highest BCUT2D eigenvalue weighted by atomic mass is 19.1. The van der Waals surface area contributed by atoms with Crippen LogP contribution < -0.4 is 20.7 Å². The maximum atomic E-state index is 14.3. The van der Waals surface area contributed by atoms with Crippen LogP contribution in [0.3, 0.4) is 0 Å². The van der Waals surface area contributed by atoms with Crippen molar-refractivity contribution in [3.8, 4) is 11.6 Å². The molecule has 0 spiro atoms. The minimum atomic E-state index is -0.632. The van der Waals surface area contributed by atoms with Crippen molar-refractivity contribution in [1.82, 2.24) is 9.97 Å². The van der Waals surface area contributed by atoms with Crippen LogP contribution >= 0.6 is 0 Å². The molecular weight excluding hydrogens is 349 g/mol. The smallest absolute Gasteiger partial charge is 0.323 e. The normalized spacial score (nSPS) is 10.2. The molecule has 0 atom stereocenters. The number of urea groups is 1. The first-order chi connectivity index (χ1) is 13.0. The zero-order chi connectivity index (χ0) is 19.2. The lowest BCUT2D eigenvalue weighted by molar-refractivity contribution is 0.262. The average Bonchev–Trinajstić information content (AvgIpc) is 2.66. The fraction of sp³-hybridized carbons (Fsp3) is 0.105. The van der Waals surface area contributed by atoms with Crippen LogP contribution in [0.15, 0.2) is 54.9 Å². The molecule has 3 N–H and O–H groups in total. The molecule has 1 aromatic heterocycles. The molecule has 2 aromatic carbocycles. The van der Waals surface area contributed by atoms with E-state index < -0.39 is 11.8 Å². The Morgan fingerprint density at radius 3 is 2.41 bits per heavy atom. The van der Waals surface area contributed by atoms with Crippen LogP contribution in [-0.2, 0) is 0 Å². The molecule has 7 nitrogen and oxygen atoms in total. The highest BCUT2D eigenvalue weighted by Crippen LogP contribution is 2.26. The minimum Gasteiger partial charge on any atom is -0.436 e. The summed E-state index contributed by atoms with van der Waals surface area (Å²) >= 11 is 0. The maximum absolute atomic E-state index is 14.3. The lowest BCUT2D eigenvalue weighted by atomic mass is 10.2. The third-order valence-electron chi connectivity index (χ3n) is 3.61. The molecule has 0 fully saturated rings. The standard InChI is InChI=1S/C19H18FN5O2/c1-12-3-5-13(6-4-12)24-19(26)25-14-7-8-16(15(20)9-14)27-18-10-17(21-2)22-11-23-18/h3-11H,1-2H3,(H,21,22,23)(H2,24,25,26). The van der Waals surface area contributed by atoms with Crippen LogP contribution in [0.1, 0.15) is 5.56 Å². The van der Waals surface area contributed by atoms with Gasteiger partial charge in [-0.05, 0) is 31.2 Å². The maximum Gasteiger partial charge on any atom is 0.323 e. The molecule has 8 heteroatoms. The van der Waals surface area contributed by atoms with Crippen molar-refractivity contribution >= 4 is 23.2 Å². The zero-order valence-corrected chi connectivity index (χ0v) is 14.8. The van der Waals surface area contributed by atoms with Gasteiger partial charge in [-0.3, -0.25) is 0 Å². The first-order valence-corrected chi connectivity index (χ1v) is 8.15. The van der Waals surface area contributed by atoms with Gasteiger partial charge in [0.1, 0.15) is 12.1 Å². The third kappa shape index (κ3) is 4.91. The number of ether oxygens (including phenoxy) is 1. The van der Waals surface area contributed by atoms with Gasteiger partial charge in [-0.25, -0.2) is 19.2 Å². The Kier molecular flexibility index (Phi) is 5.46. The molecule has 0 saturated carbocycles. The van der Waals surface area contributed by atoms with Crippen molar-refractivity contribution in [2.45, 2.75) is 6.92 Å². The topological polar surface area (TPSA) is 88.2 Å². The second-order valence-electron chi connectivity index (χ2n) is 5.68. The van der Waals surface area contributed by atoms with Gasteiger partial charge >= 0.3 is 6.03 Å². The number of rotatable bonds is 5. The van der Waals surface area contributed by atoms with Gasteiger partial charge < -0.3 is 20.7 Å². The van der Waals surface area contributed by atoms with Crippen molar-refractivity contribution in [2.24, 2.45) is 0 Å². The Bertz CT molecular complexity index is 947. The van der Waals surface area contributed by atoms with Gasteiger partial charge in [-0.15, -0.1) is 0 Å². The number of carbonyl (C=O) groups excluding carboxylic acids is 1. The number of carbonyl (C=O) groups is 1. The van der Waals surface area contributed by atoms with Crippen LogP contribution in [0.4, 0.5) is 26.4 Å². The van der Waals surface area contributed by atoms with Crippen LogP contribution in [0, 0.1) is 12.7 Å². The predicted octanol–water partition coefficient (Wildman–Crippen LogP) is 4.40. The SMILES string of the molecule is CNc1cc(Oc2ccc(NC(=O)Nc3ccc(C)cc3)cc2F)ncn1. The van der Waals surface area contributed by atoms with Gasteiger partial charge in [0.15, 0.2) is 11.6 Å². The zero-order valence-electron chi connectivity index (χ0n) is 14.8. The fourth-order valence-corrected chi connectivity index (χ4v) is 2.24. The van der Waals surface area contributed by atoms with Crippen molar-refractivity contribution < 1.29 is 13.9 Å². The predicted molar refractivity (Wildman–Crippen MR) is 102 cm³/mol. The van der Waals surface area contributed by atoms with Gasteiger partial charge in [0.25, 0.3) is 0 Å². The number of nitrogens with one attached hydrogen (secondary N) is 3. The van der Waals surface area contributed by atoms with Crippen molar-refractivity contribution in [1.29, 1.82) is 0 Å². The van der Waals surface area contributed by atoms with E-state index in [4.69, 9.17) is 4.74 Å². The van der Waals surface area contributed by atoms with E-state index in [9.17, 15) is 9.18 Å². The third-order valence-corrected chi connectivity index (χ3v) is 3.61. The lowest BCUT2D eigenvalue weighted by Crippen LogP contribution is -2.19. The van der Waals surface area contributed by atoms with Gasteiger partial charge in [0.05, 0.1) is 0 Å². The van der Waals surface area contributed by atoms with Crippen LogP contribution in [-0.4, -0.2) is 23.0 Å². The van der Waals surface area contributed by atoms with E-state index in [1.54, 1.807) is 25.2 Å². The fourth-order valence-electron chi connectivity index (χ4n) is 2.24. The van der Waals surface area contributed by atoms with Crippen molar-refractivity contribution in [2.75, 3.05) is 23.0 Å². The van der Waals surface area contributed by atoms with Crippen LogP contribution in [0.5, 0.6) is 11.6 Å². The molecule has 0 unspecified atom stereocenters. The van der Waals surface area contributed by atoms with E-state index in [-0.39, 0.29) is 11.6 Å². The number of amides is 2. The van der Waals surface area contributed by atoms with Gasteiger partial charge in [0, 0.05) is 30.6 Å². The molecular formula is C19H18FN5O2. The molecule has 0 saturated heterocycles. The van der Waals surface area contributed by atoms with E-state index in [0.717, 1.165) is 5.56 Å². The first-order valence-electron chi connectivity index (χ1n) is 8.15. The van der Waals surface area contributed by atoms with Gasteiger partial charge in [-0.1, -0.05) is 17.7 Å². The molecule has 27 heavy (non-hydrogen) atoms. The average molecular weight is 367 g/mol. The molecule has 0 aliphatic heterocycles. The number of hydrogen-bond acceptors (Lipinski definition) is 5. The van der Waals surface area contributed by atoms with Crippen LogP contribution in [0.25, 0.3) is 0 Å². The summed E-state index contributed by atoms with van der Waals surface area (Å²) in [7, 11) is 1.70. The number of aromatic nitrogens is 2. The molecule has 0 aliphatic carbocycles. The van der Waals surface area contributed by atoms with Gasteiger partial charge in [0.2, 0.25) is 5.88 Å². The Labute approximate surface area is 155 Å². The largest absolute Gasteiger partial charge is 0.436 e. The summed E-state index contributed by atoms with van der Waals surface area (Å²) in [6.45, 7) is 1.96. The highest BCUT2D eigenvalue weighted by Gasteiger charge is 2.10. The number of anilines is 3. The van der Waals surface area contributed by atoms with E-state index in [1.807, 2.05) is 19.1 Å². The molecule has 0 aliphatic rings. The summed E-state index contributed by atoms with van der Waals surface area (Å²) in [4.78, 5) is 19.9. The second kappa shape index (κ2) is 8.13. The summed E-state index contributed by atoms with van der Waals surface area (Å²) in [6, 6.07) is 12.5.